The van der Waals surface area contributed by atoms with E-state index < -0.39 is 13.5 Å². The highest BCUT2D eigenvalue weighted by Gasteiger charge is 2.43. The molecule has 0 spiro atoms. The standard InChI is InChI=1S/C8H18O2Si/c1-11(2,3)8(9)6-4-5-7-10-8/h9H,4-7H2,1-3H3. The van der Waals surface area contributed by atoms with Gasteiger partial charge in [-0.3, -0.25) is 0 Å². The third kappa shape index (κ3) is 1.83. The van der Waals surface area contributed by atoms with Gasteiger partial charge in [0, 0.05) is 6.61 Å². The maximum Gasteiger partial charge on any atom is 0.147 e. The lowest BCUT2D eigenvalue weighted by Crippen LogP contribution is -2.55. The molecule has 11 heavy (non-hydrogen) atoms. The second-order valence-electron chi connectivity index (χ2n) is 4.34. The van der Waals surface area contributed by atoms with Crippen molar-refractivity contribution in [3.8, 4) is 0 Å². The van der Waals surface area contributed by atoms with Crippen molar-refractivity contribution in [3.63, 3.8) is 0 Å². The van der Waals surface area contributed by atoms with Crippen LogP contribution in [0, 0.1) is 0 Å². The van der Waals surface area contributed by atoms with E-state index in [9.17, 15) is 5.11 Å². The van der Waals surface area contributed by atoms with Crippen molar-refractivity contribution in [1.82, 2.24) is 0 Å². The van der Waals surface area contributed by atoms with E-state index in [1.165, 1.54) is 0 Å². The SMILES string of the molecule is C[Si](C)(C)C1(O)CCCCO1. The average Bonchev–Trinajstić information content (AvgIpc) is 1.87. The van der Waals surface area contributed by atoms with Crippen molar-refractivity contribution in [2.24, 2.45) is 0 Å². The van der Waals surface area contributed by atoms with Crippen LogP contribution >= 0.6 is 0 Å². The van der Waals surface area contributed by atoms with Crippen LogP contribution in [0.4, 0.5) is 0 Å². The Bertz CT molecular complexity index is 134. The molecule has 0 amide bonds. The van der Waals surface area contributed by atoms with Gasteiger partial charge in [0.05, 0.1) is 0 Å². The van der Waals surface area contributed by atoms with E-state index in [4.69, 9.17) is 4.74 Å². The second kappa shape index (κ2) is 2.88. The van der Waals surface area contributed by atoms with E-state index in [2.05, 4.69) is 19.6 Å². The topological polar surface area (TPSA) is 29.5 Å². The van der Waals surface area contributed by atoms with Gasteiger partial charge in [-0.05, 0) is 19.3 Å². The normalized spacial score (nSPS) is 33.8. The van der Waals surface area contributed by atoms with Gasteiger partial charge in [-0.25, -0.2) is 0 Å². The van der Waals surface area contributed by atoms with Crippen LogP contribution in [0.3, 0.4) is 0 Å². The van der Waals surface area contributed by atoms with E-state index >= 15 is 0 Å². The van der Waals surface area contributed by atoms with Crippen LogP contribution in [0.25, 0.3) is 0 Å². The zero-order chi connectivity index (χ0) is 8.54. The lowest BCUT2D eigenvalue weighted by atomic mass is 10.2. The van der Waals surface area contributed by atoms with Gasteiger partial charge in [-0.15, -0.1) is 0 Å². The molecular weight excluding hydrogens is 156 g/mol. The Balaban J connectivity index is 2.64. The smallest absolute Gasteiger partial charge is 0.147 e. The summed E-state index contributed by atoms with van der Waals surface area (Å²) in [6, 6.07) is 0. The number of hydrogen-bond acceptors (Lipinski definition) is 2. The summed E-state index contributed by atoms with van der Waals surface area (Å²) in [6.07, 6.45) is 3.05. The first kappa shape index (κ1) is 9.23. The van der Waals surface area contributed by atoms with Crippen molar-refractivity contribution in [2.45, 2.75) is 44.3 Å². The van der Waals surface area contributed by atoms with Crippen LogP contribution < -0.4 is 0 Å². The first-order valence-electron chi connectivity index (χ1n) is 4.32. The molecule has 1 rings (SSSR count). The predicted molar refractivity (Wildman–Crippen MR) is 48.1 cm³/mol. The summed E-state index contributed by atoms with van der Waals surface area (Å²) >= 11 is 0. The number of rotatable bonds is 1. The molecule has 1 heterocycles. The van der Waals surface area contributed by atoms with Crippen LogP contribution in [-0.4, -0.2) is 25.2 Å². The average molecular weight is 174 g/mol. The van der Waals surface area contributed by atoms with E-state index in [-0.39, 0.29) is 0 Å². The Morgan fingerprint density at radius 2 is 1.91 bits per heavy atom. The van der Waals surface area contributed by atoms with Gasteiger partial charge < -0.3 is 9.84 Å². The fourth-order valence-electron chi connectivity index (χ4n) is 1.37. The number of ether oxygens (including phenoxy) is 1. The molecule has 0 radical (unpaired) electrons. The highest BCUT2D eigenvalue weighted by Crippen LogP contribution is 2.31. The van der Waals surface area contributed by atoms with E-state index in [1.54, 1.807) is 0 Å². The molecule has 0 saturated carbocycles. The molecule has 1 atom stereocenters. The summed E-state index contributed by atoms with van der Waals surface area (Å²) in [5.74, 6) is 0. The summed E-state index contributed by atoms with van der Waals surface area (Å²) in [6.45, 7) is 7.19. The molecule has 1 aliphatic rings. The molecule has 1 saturated heterocycles. The molecule has 0 aromatic carbocycles. The minimum atomic E-state index is -1.55. The summed E-state index contributed by atoms with van der Waals surface area (Å²) < 4.78 is 5.45. The second-order valence-corrected chi connectivity index (χ2v) is 9.62. The van der Waals surface area contributed by atoms with Crippen molar-refractivity contribution < 1.29 is 9.84 Å². The molecule has 1 fully saturated rings. The lowest BCUT2D eigenvalue weighted by Gasteiger charge is -2.41. The maximum atomic E-state index is 10.0. The molecule has 1 aliphatic heterocycles. The van der Waals surface area contributed by atoms with Crippen LogP contribution in [0.5, 0.6) is 0 Å². The monoisotopic (exact) mass is 174 g/mol. The molecule has 2 nitrogen and oxygen atoms in total. The first-order chi connectivity index (χ1) is 4.96. The van der Waals surface area contributed by atoms with Crippen molar-refractivity contribution in [3.05, 3.63) is 0 Å². The number of aliphatic hydroxyl groups is 1. The largest absolute Gasteiger partial charge is 0.369 e. The van der Waals surface area contributed by atoms with E-state index in [0.29, 0.717) is 0 Å². The van der Waals surface area contributed by atoms with Crippen molar-refractivity contribution in [2.75, 3.05) is 6.61 Å². The van der Waals surface area contributed by atoms with Crippen molar-refractivity contribution in [1.29, 1.82) is 0 Å². The van der Waals surface area contributed by atoms with Crippen LogP contribution in [0.1, 0.15) is 19.3 Å². The van der Waals surface area contributed by atoms with Gasteiger partial charge in [0.1, 0.15) is 13.5 Å². The van der Waals surface area contributed by atoms with Gasteiger partial charge in [0.15, 0.2) is 0 Å². The quantitative estimate of drug-likeness (QED) is 0.614. The zero-order valence-corrected chi connectivity index (χ0v) is 8.68. The van der Waals surface area contributed by atoms with Gasteiger partial charge >= 0.3 is 0 Å². The highest BCUT2D eigenvalue weighted by molar-refractivity contribution is 6.78. The third-order valence-electron chi connectivity index (χ3n) is 2.42. The minimum Gasteiger partial charge on any atom is -0.369 e. The maximum absolute atomic E-state index is 10.0. The van der Waals surface area contributed by atoms with Crippen molar-refractivity contribution >= 4 is 8.07 Å². The summed E-state index contributed by atoms with van der Waals surface area (Å²) in [4.78, 5) is 0. The fourth-order valence-corrected chi connectivity index (χ4v) is 2.83. The first-order valence-corrected chi connectivity index (χ1v) is 7.82. The summed E-state index contributed by atoms with van der Waals surface area (Å²) in [7, 11) is -1.55. The molecule has 0 aliphatic carbocycles. The Kier molecular flexibility index (Phi) is 2.42. The Labute approximate surface area is 69.6 Å². The molecule has 1 N–H and O–H groups in total. The van der Waals surface area contributed by atoms with Crippen LogP contribution in [0.15, 0.2) is 0 Å². The fraction of sp³-hybridized carbons (Fsp3) is 1.00. The molecular formula is C8H18O2Si. The summed E-state index contributed by atoms with van der Waals surface area (Å²) in [5.41, 5.74) is -0.745. The van der Waals surface area contributed by atoms with Gasteiger partial charge in [-0.2, -0.15) is 0 Å². The van der Waals surface area contributed by atoms with Crippen LogP contribution in [-0.2, 0) is 4.74 Å². The molecule has 1 unspecified atom stereocenters. The van der Waals surface area contributed by atoms with E-state index in [1.807, 2.05) is 0 Å². The molecule has 0 aromatic heterocycles. The van der Waals surface area contributed by atoms with E-state index in [0.717, 1.165) is 25.9 Å². The van der Waals surface area contributed by atoms with Crippen LogP contribution in [0.2, 0.25) is 19.6 Å². The molecule has 3 heteroatoms. The van der Waals surface area contributed by atoms with Gasteiger partial charge in [0.2, 0.25) is 0 Å². The Morgan fingerprint density at radius 1 is 1.27 bits per heavy atom. The Hall–Kier alpha value is 0.137. The Morgan fingerprint density at radius 3 is 2.18 bits per heavy atom. The zero-order valence-electron chi connectivity index (χ0n) is 7.68. The minimum absolute atomic E-state index is 0.737. The predicted octanol–water partition coefficient (Wildman–Crippen LogP) is 1.75. The summed E-state index contributed by atoms with van der Waals surface area (Å²) in [5, 5.41) is 10.0. The third-order valence-corrected chi connectivity index (χ3v) is 5.16. The molecule has 0 aromatic rings. The highest BCUT2D eigenvalue weighted by atomic mass is 28.3. The lowest BCUT2D eigenvalue weighted by molar-refractivity contribution is -0.170. The van der Waals surface area contributed by atoms with Gasteiger partial charge in [0.25, 0.3) is 0 Å². The van der Waals surface area contributed by atoms with Gasteiger partial charge in [-0.1, -0.05) is 19.6 Å². The molecule has 0 bridgehead atoms. The number of hydrogen-bond donors (Lipinski definition) is 1. The molecule has 66 valence electrons.